The standard InChI is InChI=1S/C18H28N2O/c1-14(5-6-15-7-9-17(21-2)10-8-15)20-12-16-4-3-11-19-18(16)13-20/h7-10,14,16,18-19H,3-6,11-13H2,1-2H3/t14?,16-,18+/m0/s1. The third-order valence-electron chi connectivity index (χ3n) is 5.26. The summed E-state index contributed by atoms with van der Waals surface area (Å²) in [6.45, 7) is 6.14. The summed E-state index contributed by atoms with van der Waals surface area (Å²) >= 11 is 0. The van der Waals surface area contributed by atoms with Crippen LogP contribution in [0, 0.1) is 5.92 Å². The summed E-state index contributed by atoms with van der Waals surface area (Å²) in [6, 6.07) is 9.94. The van der Waals surface area contributed by atoms with Gasteiger partial charge in [-0.25, -0.2) is 0 Å². The maximum Gasteiger partial charge on any atom is 0.118 e. The highest BCUT2D eigenvalue weighted by Crippen LogP contribution is 2.27. The molecule has 3 heteroatoms. The van der Waals surface area contributed by atoms with Crippen LogP contribution < -0.4 is 10.1 Å². The molecule has 1 N–H and O–H groups in total. The van der Waals surface area contributed by atoms with Crippen LogP contribution >= 0.6 is 0 Å². The number of rotatable bonds is 5. The van der Waals surface area contributed by atoms with E-state index in [-0.39, 0.29) is 0 Å². The topological polar surface area (TPSA) is 24.5 Å². The van der Waals surface area contributed by atoms with Crippen molar-refractivity contribution >= 4 is 0 Å². The molecule has 0 aromatic heterocycles. The number of benzene rings is 1. The molecule has 2 fully saturated rings. The Bertz CT molecular complexity index is 431. The van der Waals surface area contributed by atoms with Crippen molar-refractivity contribution in [3.8, 4) is 5.75 Å². The highest BCUT2D eigenvalue weighted by molar-refractivity contribution is 5.27. The van der Waals surface area contributed by atoms with E-state index in [0.29, 0.717) is 6.04 Å². The first-order chi connectivity index (χ1) is 10.3. The molecule has 3 nitrogen and oxygen atoms in total. The summed E-state index contributed by atoms with van der Waals surface area (Å²) in [4.78, 5) is 2.69. The molecular formula is C18H28N2O. The SMILES string of the molecule is COc1ccc(CCC(C)N2C[C@@H]3CCCN[C@@H]3C2)cc1. The smallest absolute Gasteiger partial charge is 0.118 e. The normalized spacial score (nSPS) is 27.3. The minimum absolute atomic E-state index is 0.680. The van der Waals surface area contributed by atoms with Gasteiger partial charge < -0.3 is 10.1 Å². The molecule has 2 heterocycles. The van der Waals surface area contributed by atoms with Crippen molar-refractivity contribution in [1.82, 2.24) is 10.2 Å². The zero-order valence-electron chi connectivity index (χ0n) is 13.3. The summed E-state index contributed by atoms with van der Waals surface area (Å²) < 4.78 is 5.22. The van der Waals surface area contributed by atoms with Gasteiger partial charge in [0.25, 0.3) is 0 Å². The van der Waals surface area contributed by atoms with Crippen LogP contribution in [0.15, 0.2) is 24.3 Å². The van der Waals surface area contributed by atoms with E-state index < -0.39 is 0 Å². The second-order valence-electron chi connectivity index (χ2n) is 6.65. The van der Waals surface area contributed by atoms with E-state index in [4.69, 9.17) is 4.74 Å². The minimum Gasteiger partial charge on any atom is -0.497 e. The maximum atomic E-state index is 5.22. The predicted molar refractivity (Wildman–Crippen MR) is 86.9 cm³/mol. The van der Waals surface area contributed by atoms with Crippen molar-refractivity contribution in [3.63, 3.8) is 0 Å². The van der Waals surface area contributed by atoms with E-state index in [9.17, 15) is 0 Å². The molecule has 0 aliphatic carbocycles. The molecule has 0 bridgehead atoms. The van der Waals surface area contributed by atoms with Gasteiger partial charge in [0.2, 0.25) is 0 Å². The van der Waals surface area contributed by atoms with Crippen molar-refractivity contribution in [1.29, 1.82) is 0 Å². The van der Waals surface area contributed by atoms with Crippen molar-refractivity contribution < 1.29 is 4.74 Å². The number of methoxy groups -OCH3 is 1. The molecule has 1 aromatic carbocycles. The fourth-order valence-electron chi connectivity index (χ4n) is 3.79. The lowest BCUT2D eigenvalue weighted by molar-refractivity contribution is 0.236. The number of hydrogen-bond donors (Lipinski definition) is 1. The molecule has 2 saturated heterocycles. The first-order valence-electron chi connectivity index (χ1n) is 8.36. The number of ether oxygens (including phenoxy) is 1. The molecule has 3 atom stereocenters. The van der Waals surface area contributed by atoms with Crippen LogP contribution in [-0.4, -0.2) is 43.7 Å². The van der Waals surface area contributed by atoms with Crippen LogP contribution in [0.1, 0.15) is 31.7 Å². The van der Waals surface area contributed by atoms with Crippen molar-refractivity contribution in [3.05, 3.63) is 29.8 Å². The number of likely N-dealkylation sites (tertiary alicyclic amines) is 1. The fraction of sp³-hybridized carbons (Fsp3) is 0.667. The molecule has 3 rings (SSSR count). The Morgan fingerprint density at radius 2 is 2.10 bits per heavy atom. The molecule has 0 saturated carbocycles. The summed E-state index contributed by atoms with van der Waals surface area (Å²) in [5.74, 6) is 1.84. The number of piperidine rings is 1. The van der Waals surface area contributed by atoms with E-state index in [1.807, 2.05) is 0 Å². The zero-order chi connectivity index (χ0) is 14.7. The average Bonchev–Trinajstić information content (AvgIpc) is 2.97. The summed E-state index contributed by atoms with van der Waals surface area (Å²) in [5.41, 5.74) is 1.41. The van der Waals surface area contributed by atoms with Gasteiger partial charge in [-0.2, -0.15) is 0 Å². The number of fused-ring (bicyclic) bond motifs is 1. The Balaban J connectivity index is 1.48. The molecule has 0 spiro atoms. The average molecular weight is 288 g/mol. The van der Waals surface area contributed by atoms with E-state index in [0.717, 1.165) is 24.1 Å². The first-order valence-corrected chi connectivity index (χ1v) is 8.36. The fourth-order valence-corrected chi connectivity index (χ4v) is 3.79. The molecule has 21 heavy (non-hydrogen) atoms. The van der Waals surface area contributed by atoms with Gasteiger partial charge in [-0.1, -0.05) is 12.1 Å². The van der Waals surface area contributed by atoms with Crippen LogP contribution in [0.3, 0.4) is 0 Å². The molecule has 2 aliphatic rings. The molecular weight excluding hydrogens is 260 g/mol. The van der Waals surface area contributed by atoms with Gasteiger partial charge in [0.05, 0.1) is 7.11 Å². The monoisotopic (exact) mass is 288 g/mol. The third-order valence-corrected chi connectivity index (χ3v) is 5.26. The largest absolute Gasteiger partial charge is 0.497 e. The predicted octanol–water partition coefficient (Wildman–Crippen LogP) is 2.70. The van der Waals surface area contributed by atoms with E-state index in [1.165, 1.54) is 44.5 Å². The van der Waals surface area contributed by atoms with Crippen LogP contribution in [0.4, 0.5) is 0 Å². The van der Waals surface area contributed by atoms with E-state index >= 15 is 0 Å². The quantitative estimate of drug-likeness (QED) is 0.901. The highest BCUT2D eigenvalue weighted by atomic mass is 16.5. The van der Waals surface area contributed by atoms with E-state index in [1.54, 1.807) is 7.11 Å². The summed E-state index contributed by atoms with van der Waals surface area (Å²) in [7, 11) is 1.72. The van der Waals surface area contributed by atoms with Gasteiger partial charge in [-0.15, -0.1) is 0 Å². The summed E-state index contributed by atoms with van der Waals surface area (Å²) in [5, 5.41) is 3.70. The second-order valence-corrected chi connectivity index (χ2v) is 6.65. The van der Waals surface area contributed by atoms with Crippen molar-refractivity contribution in [2.45, 2.75) is 44.7 Å². The molecule has 2 aliphatic heterocycles. The van der Waals surface area contributed by atoms with Crippen LogP contribution in [0.2, 0.25) is 0 Å². The van der Waals surface area contributed by atoms with Gasteiger partial charge in [0.15, 0.2) is 0 Å². The number of aryl methyl sites for hydroxylation is 1. The Labute approximate surface area is 128 Å². The second kappa shape index (κ2) is 6.80. The van der Waals surface area contributed by atoms with Gasteiger partial charge in [-0.3, -0.25) is 4.90 Å². The highest BCUT2D eigenvalue weighted by Gasteiger charge is 2.35. The van der Waals surface area contributed by atoms with Crippen LogP contribution in [0.25, 0.3) is 0 Å². The minimum atomic E-state index is 0.680. The number of nitrogens with one attached hydrogen (secondary N) is 1. The lowest BCUT2D eigenvalue weighted by atomic mass is 9.94. The lowest BCUT2D eigenvalue weighted by Gasteiger charge is -2.25. The molecule has 1 unspecified atom stereocenters. The van der Waals surface area contributed by atoms with Gasteiger partial charge in [-0.05, 0) is 62.8 Å². The Morgan fingerprint density at radius 3 is 2.81 bits per heavy atom. The zero-order valence-corrected chi connectivity index (χ0v) is 13.3. The molecule has 0 radical (unpaired) electrons. The van der Waals surface area contributed by atoms with E-state index in [2.05, 4.69) is 41.4 Å². The van der Waals surface area contributed by atoms with Crippen LogP contribution in [0.5, 0.6) is 5.75 Å². The van der Waals surface area contributed by atoms with Crippen LogP contribution in [-0.2, 0) is 6.42 Å². The van der Waals surface area contributed by atoms with Crippen molar-refractivity contribution in [2.75, 3.05) is 26.7 Å². The third kappa shape index (κ3) is 3.58. The Kier molecular flexibility index (Phi) is 4.81. The Hall–Kier alpha value is -1.06. The first kappa shape index (κ1) is 14.9. The van der Waals surface area contributed by atoms with Gasteiger partial charge in [0, 0.05) is 25.2 Å². The molecule has 116 valence electrons. The lowest BCUT2D eigenvalue weighted by Crippen LogP contribution is -2.41. The molecule has 0 amide bonds. The number of hydrogen-bond acceptors (Lipinski definition) is 3. The molecule has 1 aromatic rings. The Morgan fingerprint density at radius 1 is 1.29 bits per heavy atom. The van der Waals surface area contributed by atoms with Gasteiger partial charge >= 0.3 is 0 Å². The van der Waals surface area contributed by atoms with Gasteiger partial charge in [0.1, 0.15) is 5.75 Å². The number of nitrogens with zero attached hydrogens (tertiary/aromatic N) is 1. The maximum absolute atomic E-state index is 5.22. The van der Waals surface area contributed by atoms with Crippen molar-refractivity contribution in [2.24, 2.45) is 5.92 Å². The summed E-state index contributed by atoms with van der Waals surface area (Å²) in [6.07, 6.45) is 5.17.